The Kier molecular flexibility index (Phi) is 5.55. The summed E-state index contributed by atoms with van der Waals surface area (Å²) in [6.45, 7) is 5.81. The molecule has 5 heteroatoms. The van der Waals surface area contributed by atoms with Crippen molar-refractivity contribution in [3.8, 4) is 5.75 Å². The van der Waals surface area contributed by atoms with E-state index in [0.29, 0.717) is 18.5 Å². The van der Waals surface area contributed by atoms with Crippen molar-refractivity contribution in [3.05, 3.63) is 35.7 Å². The van der Waals surface area contributed by atoms with Gasteiger partial charge < -0.3 is 15.2 Å². The second kappa shape index (κ2) is 6.93. The van der Waals surface area contributed by atoms with Gasteiger partial charge in [0.2, 0.25) is 0 Å². The fourth-order valence-corrected chi connectivity index (χ4v) is 1.48. The number of benzene rings is 1. The SMILES string of the molecule is CC(C)(C)OC(=O)NCCC=Cc1cc(O)cc(F)c1. The molecule has 0 atom stereocenters. The van der Waals surface area contributed by atoms with Gasteiger partial charge in [-0.25, -0.2) is 9.18 Å². The summed E-state index contributed by atoms with van der Waals surface area (Å²) in [5.41, 5.74) is 0.0544. The van der Waals surface area contributed by atoms with Crippen molar-refractivity contribution in [3.63, 3.8) is 0 Å². The lowest BCUT2D eigenvalue weighted by Crippen LogP contribution is -2.32. The van der Waals surface area contributed by atoms with Crippen LogP contribution in [-0.2, 0) is 4.74 Å². The molecule has 20 heavy (non-hydrogen) atoms. The smallest absolute Gasteiger partial charge is 0.407 e. The van der Waals surface area contributed by atoms with Crippen LogP contribution in [0.4, 0.5) is 9.18 Å². The molecule has 0 aliphatic carbocycles. The summed E-state index contributed by atoms with van der Waals surface area (Å²) in [7, 11) is 0. The molecule has 0 unspecified atom stereocenters. The first kappa shape index (κ1) is 16.0. The van der Waals surface area contributed by atoms with Crippen molar-refractivity contribution in [2.24, 2.45) is 0 Å². The van der Waals surface area contributed by atoms with E-state index < -0.39 is 17.5 Å². The highest BCUT2D eigenvalue weighted by Gasteiger charge is 2.15. The molecule has 0 aliphatic heterocycles. The van der Waals surface area contributed by atoms with Crippen LogP contribution in [0.3, 0.4) is 0 Å². The molecule has 1 amide bonds. The third-order valence-electron chi connectivity index (χ3n) is 2.19. The summed E-state index contributed by atoms with van der Waals surface area (Å²) in [6.07, 6.45) is 3.58. The number of rotatable bonds is 4. The second-order valence-electron chi connectivity index (χ2n) is 5.36. The molecule has 0 saturated heterocycles. The average Bonchev–Trinajstić information content (AvgIpc) is 2.24. The van der Waals surface area contributed by atoms with Gasteiger partial charge in [0.1, 0.15) is 17.2 Å². The first-order valence-electron chi connectivity index (χ1n) is 6.39. The number of phenols is 1. The van der Waals surface area contributed by atoms with E-state index in [1.165, 1.54) is 12.1 Å². The summed E-state index contributed by atoms with van der Waals surface area (Å²) in [5.74, 6) is -0.604. The van der Waals surface area contributed by atoms with E-state index in [9.17, 15) is 14.3 Å². The Bertz CT molecular complexity index is 472. The minimum atomic E-state index is -0.515. The van der Waals surface area contributed by atoms with Gasteiger partial charge in [-0.05, 0) is 44.9 Å². The molecule has 0 bridgehead atoms. The number of phenolic OH excluding ortho intramolecular Hbond substituents is 1. The quantitative estimate of drug-likeness (QED) is 0.831. The van der Waals surface area contributed by atoms with Gasteiger partial charge in [-0.1, -0.05) is 12.2 Å². The van der Waals surface area contributed by atoms with Crippen LogP contribution in [0.1, 0.15) is 32.8 Å². The van der Waals surface area contributed by atoms with E-state index in [0.717, 1.165) is 6.07 Å². The Labute approximate surface area is 118 Å². The molecule has 4 nitrogen and oxygen atoms in total. The summed E-state index contributed by atoms with van der Waals surface area (Å²) >= 11 is 0. The first-order chi connectivity index (χ1) is 9.26. The number of carbonyl (C=O) groups excluding carboxylic acids is 1. The van der Waals surface area contributed by atoms with Gasteiger partial charge in [0.25, 0.3) is 0 Å². The van der Waals surface area contributed by atoms with Gasteiger partial charge in [-0.2, -0.15) is 0 Å². The number of alkyl carbamates (subject to hydrolysis) is 1. The van der Waals surface area contributed by atoms with Crippen molar-refractivity contribution >= 4 is 12.2 Å². The van der Waals surface area contributed by atoms with E-state index in [1.54, 1.807) is 32.9 Å². The monoisotopic (exact) mass is 281 g/mol. The maximum absolute atomic E-state index is 13.0. The molecular weight excluding hydrogens is 261 g/mol. The Morgan fingerprint density at radius 2 is 2.10 bits per heavy atom. The molecular formula is C15H20FNO3. The fourth-order valence-electron chi connectivity index (χ4n) is 1.48. The molecule has 0 aromatic heterocycles. The second-order valence-corrected chi connectivity index (χ2v) is 5.36. The van der Waals surface area contributed by atoms with Crippen LogP contribution in [0.2, 0.25) is 0 Å². The summed E-state index contributed by atoms with van der Waals surface area (Å²) in [6, 6.07) is 3.82. The molecule has 0 radical (unpaired) electrons. The third kappa shape index (κ3) is 6.78. The summed E-state index contributed by atoms with van der Waals surface area (Å²) in [5, 5.41) is 11.8. The van der Waals surface area contributed by atoms with Crippen LogP contribution < -0.4 is 5.32 Å². The molecule has 0 heterocycles. The van der Waals surface area contributed by atoms with Crippen LogP contribution in [0.15, 0.2) is 24.3 Å². The largest absolute Gasteiger partial charge is 0.508 e. The fraction of sp³-hybridized carbons (Fsp3) is 0.400. The van der Waals surface area contributed by atoms with Gasteiger partial charge in [0.15, 0.2) is 0 Å². The molecule has 0 spiro atoms. The van der Waals surface area contributed by atoms with E-state index >= 15 is 0 Å². The van der Waals surface area contributed by atoms with Gasteiger partial charge in [0.05, 0.1) is 0 Å². The highest BCUT2D eigenvalue weighted by atomic mass is 19.1. The van der Waals surface area contributed by atoms with Crippen LogP contribution in [0, 0.1) is 5.82 Å². The van der Waals surface area contributed by atoms with E-state index in [-0.39, 0.29) is 5.75 Å². The zero-order chi connectivity index (χ0) is 15.2. The minimum Gasteiger partial charge on any atom is -0.508 e. The van der Waals surface area contributed by atoms with Crippen molar-refractivity contribution in [2.75, 3.05) is 6.54 Å². The minimum absolute atomic E-state index is 0.114. The zero-order valence-corrected chi connectivity index (χ0v) is 11.9. The Balaban J connectivity index is 2.34. The first-order valence-corrected chi connectivity index (χ1v) is 6.39. The molecule has 2 N–H and O–H groups in total. The molecule has 0 aliphatic rings. The van der Waals surface area contributed by atoms with Crippen LogP contribution in [0.5, 0.6) is 5.75 Å². The number of amides is 1. The normalized spacial score (nSPS) is 11.6. The van der Waals surface area contributed by atoms with Gasteiger partial charge >= 0.3 is 6.09 Å². The molecule has 1 rings (SSSR count). The number of hydrogen-bond acceptors (Lipinski definition) is 3. The van der Waals surface area contributed by atoms with Gasteiger partial charge in [0, 0.05) is 12.6 Å². The lowest BCUT2D eigenvalue weighted by Gasteiger charge is -2.19. The predicted molar refractivity (Wildman–Crippen MR) is 76.0 cm³/mol. The number of halogens is 1. The standard InChI is InChI=1S/C15H20FNO3/c1-15(2,3)20-14(19)17-7-5-4-6-11-8-12(16)10-13(18)9-11/h4,6,8-10,18H,5,7H2,1-3H3,(H,17,19). The Hall–Kier alpha value is -2.04. The lowest BCUT2D eigenvalue weighted by atomic mass is 10.2. The zero-order valence-electron chi connectivity index (χ0n) is 11.9. The van der Waals surface area contributed by atoms with Crippen LogP contribution in [-0.4, -0.2) is 23.3 Å². The number of ether oxygens (including phenoxy) is 1. The Morgan fingerprint density at radius 3 is 2.70 bits per heavy atom. The number of carbonyl (C=O) groups is 1. The van der Waals surface area contributed by atoms with Crippen LogP contribution >= 0.6 is 0 Å². The van der Waals surface area contributed by atoms with Crippen molar-refractivity contribution in [2.45, 2.75) is 32.8 Å². The molecule has 0 saturated carbocycles. The Morgan fingerprint density at radius 1 is 1.40 bits per heavy atom. The maximum atomic E-state index is 13.0. The molecule has 1 aromatic rings. The maximum Gasteiger partial charge on any atom is 0.407 e. The van der Waals surface area contributed by atoms with Crippen molar-refractivity contribution < 1.29 is 19.0 Å². The lowest BCUT2D eigenvalue weighted by molar-refractivity contribution is 0.0529. The van der Waals surface area contributed by atoms with E-state index in [4.69, 9.17) is 4.74 Å². The highest BCUT2D eigenvalue weighted by molar-refractivity contribution is 5.67. The number of nitrogens with one attached hydrogen (secondary N) is 1. The summed E-state index contributed by atoms with van der Waals surface area (Å²) in [4.78, 5) is 11.3. The number of hydrogen-bond donors (Lipinski definition) is 2. The van der Waals surface area contributed by atoms with Crippen molar-refractivity contribution in [1.29, 1.82) is 0 Å². The van der Waals surface area contributed by atoms with Crippen LogP contribution in [0.25, 0.3) is 6.08 Å². The van der Waals surface area contributed by atoms with Crippen molar-refractivity contribution in [1.82, 2.24) is 5.32 Å². The number of aromatic hydroxyl groups is 1. The molecule has 110 valence electrons. The van der Waals surface area contributed by atoms with Gasteiger partial charge in [-0.15, -0.1) is 0 Å². The predicted octanol–water partition coefficient (Wildman–Crippen LogP) is 3.46. The molecule has 1 aromatic carbocycles. The van der Waals surface area contributed by atoms with E-state index in [2.05, 4.69) is 5.32 Å². The van der Waals surface area contributed by atoms with E-state index in [1.807, 2.05) is 0 Å². The highest BCUT2D eigenvalue weighted by Crippen LogP contribution is 2.15. The molecule has 0 fully saturated rings. The topological polar surface area (TPSA) is 58.6 Å². The van der Waals surface area contributed by atoms with Gasteiger partial charge in [-0.3, -0.25) is 0 Å². The summed E-state index contributed by atoms with van der Waals surface area (Å²) < 4.78 is 18.1. The average molecular weight is 281 g/mol. The third-order valence-corrected chi connectivity index (χ3v) is 2.19.